The Labute approximate surface area is 157 Å². The van der Waals surface area contributed by atoms with E-state index < -0.39 is 4.92 Å². The fourth-order valence-electron chi connectivity index (χ4n) is 2.01. The van der Waals surface area contributed by atoms with Crippen molar-refractivity contribution in [2.24, 2.45) is 0 Å². The maximum Gasteiger partial charge on any atom is 0.343 e. The van der Waals surface area contributed by atoms with Gasteiger partial charge in [-0.15, -0.1) is 0 Å². The standard InChI is InChI=1S/C16H10Cl2N4O2S/c17-10-4-6-13(7-5-10)25-16-14(22(23)24)15(19-9-20-16)21-12-3-1-2-11(18)8-12/h1-9H,(H,19,20,21). The molecule has 0 amide bonds. The van der Waals surface area contributed by atoms with Gasteiger partial charge in [-0.25, -0.2) is 9.97 Å². The first kappa shape index (κ1) is 17.5. The summed E-state index contributed by atoms with van der Waals surface area (Å²) in [5.74, 6) is 0.0960. The van der Waals surface area contributed by atoms with Crippen LogP contribution in [-0.2, 0) is 0 Å². The summed E-state index contributed by atoms with van der Waals surface area (Å²) in [4.78, 5) is 19.9. The van der Waals surface area contributed by atoms with Gasteiger partial charge in [0.1, 0.15) is 6.33 Å². The quantitative estimate of drug-likeness (QED) is 0.346. The maximum absolute atomic E-state index is 11.6. The van der Waals surface area contributed by atoms with Gasteiger partial charge in [0.25, 0.3) is 0 Å². The van der Waals surface area contributed by atoms with Gasteiger partial charge in [-0.2, -0.15) is 0 Å². The van der Waals surface area contributed by atoms with Crippen LogP contribution in [0.1, 0.15) is 0 Å². The fraction of sp³-hybridized carbons (Fsp3) is 0. The highest BCUT2D eigenvalue weighted by Crippen LogP contribution is 2.37. The number of rotatable bonds is 5. The highest BCUT2D eigenvalue weighted by atomic mass is 35.5. The zero-order valence-electron chi connectivity index (χ0n) is 12.5. The monoisotopic (exact) mass is 392 g/mol. The van der Waals surface area contributed by atoms with Crippen LogP contribution in [0.2, 0.25) is 10.0 Å². The molecular weight excluding hydrogens is 383 g/mol. The van der Waals surface area contributed by atoms with Crippen molar-refractivity contribution in [1.29, 1.82) is 0 Å². The van der Waals surface area contributed by atoms with E-state index in [9.17, 15) is 10.1 Å². The van der Waals surface area contributed by atoms with Crippen molar-refractivity contribution >= 4 is 52.2 Å². The molecule has 9 heteroatoms. The first-order valence-electron chi connectivity index (χ1n) is 6.98. The second-order valence-corrected chi connectivity index (χ2v) is 6.76. The molecule has 0 bridgehead atoms. The molecule has 0 aliphatic carbocycles. The van der Waals surface area contributed by atoms with Gasteiger partial charge in [0.05, 0.1) is 4.92 Å². The molecule has 1 aromatic heterocycles. The Morgan fingerprint density at radius 1 is 1.04 bits per heavy atom. The van der Waals surface area contributed by atoms with Crippen LogP contribution in [0, 0.1) is 10.1 Å². The van der Waals surface area contributed by atoms with Crippen molar-refractivity contribution in [3.05, 3.63) is 75.0 Å². The van der Waals surface area contributed by atoms with Crippen molar-refractivity contribution in [1.82, 2.24) is 9.97 Å². The normalized spacial score (nSPS) is 10.5. The summed E-state index contributed by atoms with van der Waals surface area (Å²) in [6, 6.07) is 13.8. The van der Waals surface area contributed by atoms with Crippen LogP contribution in [0.15, 0.2) is 64.8 Å². The van der Waals surface area contributed by atoms with E-state index in [0.717, 1.165) is 16.7 Å². The van der Waals surface area contributed by atoms with E-state index in [2.05, 4.69) is 15.3 Å². The minimum Gasteiger partial charge on any atom is -0.334 e. The lowest BCUT2D eigenvalue weighted by atomic mass is 10.3. The predicted molar refractivity (Wildman–Crippen MR) is 99.0 cm³/mol. The van der Waals surface area contributed by atoms with E-state index in [1.807, 2.05) is 0 Å². The third kappa shape index (κ3) is 4.39. The average molecular weight is 393 g/mol. The fourth-order valence-corrected chi connectivity index (χ4v) is 3.19. The third-order valence-corrected chi connectivity index (χ3v) is 4.57. The lowest BCUT2D eigenvalue weighted by molar-refractivity contribution is -0.387. The Kier molecular flexibility index (Phi) is 5.37. The summed E-state index contributed by atoms with van der Waals surface area (Å²) in [7, 11) is 0. The molecule has 25 heavy (non-hydrogen) atoms. The molecule has 6 nitrogen and oxygen atoms in total. The van der Waals surface area contributed by atoms with Crippen molar-refractivity contribution < 1.29 is 4.92 Å². The molecule has 3 rings (SSSR count). The second kappa shape index (κ2) is 7.69. The molecule has 0 unspecified atom stereocenters. The minimum absolute atomic E-state index is 0.0960. The van der Waals surface area contributed by atoms with Gasteiger partial charge in [-0.05, 0) is 42.5 Å². The van der Waals surface area contributed by atoms with Crippen LogP contribution in [0.25, 0.3) is 0 Å². The number of hydrogen-bond acceptors (Lipinski definition) is 6. The molecule has 0 spiro atoms. The van der Waals surface area contributed by atoms with Crippen molar-refractivity contribution in [3.63, 3.8) is 0 Å². The zero-order chi connectivity index (χ0) is 17.8. The number of halogens is 2. The van der Waals surface area contributed by atoms with Crippen LogP contribution in [0.5, 0.6) is 0 Å². The van der Waals surface area contributed by atoms with E-state index in [0.29, 0.717) is 15.7 Å². The molecule has 2 aromatic carbocycles. The number of hydrogen-bond donors (Lipinski definition) is 1. The Balaban J connectivity index is 1.96. The smallest absolute Gasteiger partial charge is 0.334 e. The van der Waals surface area contributed by atoms with Gasteiger partial charge in [0, 0.05) is 20.6 Å². The summed E-state index contributed by atoms with van der Waals surface area (Å²) < 4.78 is 0. The van der Waals surface area contributed by atoms with Crippen molar-refractivity contribution in [2.45, 2.75) is 9.92 Å². The molecule has 1 N–H and O–H groups in total. The number of aromatic nitrogens is 2. The Hall–Kier alpha value is -2.35. The van der Waals surface area contributed by atoms with E-state index in [1.165, 1.54) is 6.33 Å². The first-order valence-corrected chi connectivity index (χ1v) is 8.55. The molecule has 0 atom stereocenters. The molecular formula is C16H10Cl2N4O2S. The third-order valence-electron chi connectivity index (χ3n) is 3.09. The molecule has 3 aromatic rings. The Bertz CT molecular complexity index is 922. The Morgan fingerprint density at radius 2 is 1.80 bits per heavy atom. The SMILES string of the molecule is O=[N+]([O-])c1c(Nc2cccc(Cl)c2)ncnc1Sc1ccc(Cl)cc1. The predicted octanol–water partition coefficient (Wildman–Crippen LogP) is 5.59. The summed E-state index contributed by atoms with van der Waals surface area (Å²) in [5, 5.41) is 15.8. The van der Waals surface area contributed by atoms with Crippen molar-refractivity contribution in [3.8, 4) is 0 Å². The molecule has 0 saturated carbocycles. The summed E-state index contributed by atoms with van der Waals surface area (Å²) >= 11 is 13.0. The molecule has 1 heterocycles. The van der Waals surface area contributed by atoms with Gasteiger partial charge in [-0.3, -0.25) is 10.1 Å². The van der Waals surface area contributed by atoms with Gasteiger partial charge < -0.3 is 5.32 Å². The summed E-state index contributed by atoms with van der Waals surface area (Å²) in [6.45, 7) is 0. The van der Waals surface area contributed by atoms with E-state index in [1.54, 1.807) is 48.5 Å². The molecule has 0 aliphatic rings. The highest BCUT2D eigenvalue weighted by Gasteiger charge is 2.24. The molecule has 0 saturated heterocycles. The molecule has 0 aliphatic heterocycles. The first-order chi connectivity index (χ1) is 12.0. The van der Waals surface area contributed by atoms with E-state index in [4.69, 9.17) is 23.2 Å². The summed E-state index contributed by atoms with van der Waals surface area (Å²) in [5.41, 5.74) is 0.388. The molecule has 0 fully saturated rings. The van der Waals surface area contributed by atoms with Crippen LogP contribution in [0.3, 0.4) is 0 Å². The minimum atomic E-state index is -0.509. The number of nitrogens with one attached hydrogen (secondary N) is 1. The Morgan fingerprint density at radius 3 is 2.48 bits per heavy atom. The lowest BCUT2D eigenvalue weighted by Crippen LogP contribution is -2.02. The number of nitro groups is 1. The second-order valence-electron chi connectivity index (χ2n) is 4.82. The van der Waals surface area contributed by atoms with Crippen LogP contribution in [-0.4, -0.2) is 14.9 Å². The van der Waals surface area contributed by atoms with Crippen LogP contribution >= 0.6 is 35.0 Å². The van der Waals surface area contributed by atoms with Crippen LogP contribution in [0.4, 0.5) is 17.2 Å². The van der Waals surface area contributed by atoms with Gasteiger partial charge in [-0.1, -0.05) is 41.0 Å². The highest BCUT2D eigenvalue weighted by molar-refractivity contribution is 7.99. The number of benzene rings is 2. The van der Waals surface area contributed by atoms with Crippen molar-refractivity contribution in [2.75, 3.05) is 5.32 Å². The number of nitrogens with zero attached hydrogens (tertiary/aromatic N) is 3. The maximum atomic E-state index is 11.6. The lowest BCUT2D eigenvalue weighted by Gasteiger charge is -2.08. The topological polar surface area (TPSA) is 81.0 Å². The van der Waals surface area contributed by atoms with Gasteiger partial charge in [0.2, 0.25) is 5.82 Å². The van der Waals surface area contributed by atoms with E-state index >= 15 is 0 Å². The summed E-state index contributed by atoms with van der Waals surface area (Å²) in [6.07, 6.45) is 1.28. The number of anilines is 2. The van der Waals surface area contributed by atoms with Gasteiger partial charge >= 0.3 is 5.69 Å². The zero-order valence-corrected chi connectivity index (χ0v) is 14.8. The largest absolute Gasteiger partial charge is 0.343 e. The molecule has 0 radical (unpaired) electrons. The molecule has 126 valence electrons. The van der Waals surface area contributed by atoms with E-state index in [-0.39, 0.29) is 16.5 Å². The van der Waals surface area contributed by atoms with Gasteiger partial charge in [0.15, 0.2) is 5.03 Å². The average Bonchev–Trinajstić information content (AvgIpc) is 2.57. The van der Waals surface area contributed by atoms with Crippen LogP contribution < -0.4 is 5.32 Å².